The van der Waals surface area contributed by atoms with Crippen LogP contribution in [0.4, 0.5) is 4.79 Å². The number of carboxylic acid groups (broad SMARTS) is 1. The minimum Gasteiger partial charge on any atom is -0.480 e. The largest absolute Gasteiger partial charge is 0.480 e. The summed E-state index contributed by atoms with van der Waals surface area (Å²) in [7, 11) is -1.84. The minimum atomic E-state index is -3.22. The lowest BCUT2D eigenvalue weighted by Crippen LogP contribution is -2.46. The Morgan fingerprint density at radius 1 is 1.33 bits per heavy atom. The second-order valence-corrected chi connectivity index (χ2v) is 5.71. The van der Waals surface area contributed by atoms with Crippen LogP contribution < -0.4 is 10.0 Å². The molecule has 0 aliphatic heterocycles. The molecular weight excluding hydrogens is 262 g/mol. The van der Waals surface area contributed by atoms with Crippen molar-refractivity contribution in [3.05, 3.63) is 0 Å². The molecule has 0 heterocycles. The van der Waals surface area contributed by atoms with E-state index >= 15 is 0 Å². The van der Waals surface area contributed by atoms with Crippen LogP contribution in [-0.4, -0.2) is 62.9 Å². The van der Waals surface area contributed by atoms with E-state index in [1.165, 1.54) is 14.0 Å². The van der Waals surface area contributed by atoms with Gasteiger partial charge < -0.3 is 15.3 Å². The molecule has 1 atom stereocenters. The molecule has 0 rings (SSSR count). The molecular formula is C9H19N3O5S. The highest BCUT2D eigenvalue weighted by molar-refractivity contribution is 7.88. The Balaban J connectivity index is 3.87. The van der Waals surface area contributed by atoms with Gasteiger partial charge in [0, 0.05) is 20.1 Å². The molecule has 0 spiro atoms. The summed E-state index contributed by atoms with van der Waals surface area (Å²) in [5, 5.41) is 11.2. The molecule has 0 bridgehead atoms. The second kappa shape index (κ2) is 7.17. The lowest BCUT2D eigenvalue weighted by Gasteiger charge is -2.21. The molecule has 0 fully saturated rings. The van der Waals surface area contributed by atoms with Gasteiger partial charge in [-0.2, -0.15) is 0 Å². The Labute approximate surface area is 106 Å². The number of carbonyl (C=O) groups is 2. The number of hydrogen-bond donors (Lipinski definition) is 3. The summed E-state index contributed by atoms with van der Waals surface area (Å²) in [6.07, 6.45) is 1.47. The van der Waals surface area contributed by atoms with Gasteiger partial charge in [0.15, 0.2) is 0 Å². The van der Waals surface area contributed by atoms with Crippen molar-refractivity contribution in [2.45, 2.75) is 19.4 Å². The van der Waals surface area contributed by atoms with Crippen LogP contribution in [0.15, 0.2) is 0 Å². The van der Waals surface area contributed by atoms with Gasteiger partial charge in [-0.25, -0.2) is 22.7 Å². The molecule has 1 unspecified atom stereocenters. The Bertz CT molecular complexity index is 395. The number of hydrogen-bond acceptors (Lipinski definition) is 4. The van der Waals surface area contributed by atoms with Crippen molar-refractivity contribution in [1.82, 2.24) is 14.9 Å². The summed E-state index contributed by atoms with van der Waals surface area (Å²) in [4.78, 5) is 23.2. The van der Waals surface area contributed by atoms with Gasteiger partial charge in [0.2, 0.25) is 10.0 Å². The lowest BCUT2D eigenvalue weighted by molar-refractivity contribution is -0.141. The summed E-state index contributed by atoms with van der Waals surface area (Å²) in [5.74, 6) is -1.09. The fourth-order valence-corrected chi connectivity index (χ4v) is 1.52. The third kappa shape index (κ3) is 7.07. The van der Waals surface area contributed by atoms with E-state index in [-0.39, 0.29) is 13.1 Å². The van der Waals surface area contributed by atoms with Crippen LogP contribution in [0.25, 0.3) is 0 Å². The predicted octanol–water partition coefficient (Wildman–Crippen LogP) is -0.960. The molecule has 106 valence electrons. The van der Waals surface area contributed by atoms with Gasteiger partial charge in [-0.05, 0) is 13.3 Å². The molecule has 0 aromatic heterocycles. The van der Waals surface area contributed by atoms with E-state index in [1.54, 1.807) is 0 Å². The molecule has 0 aromatic carbocycles. The van der Waals surface area contributed by atoms with E-state index in [0.29, 0.717) is 6.42 Å². The van der Waals surface area contributed by atoms with E-state index < -0.39 is 28.1 Å². The number of carboxylic acids is 1. The van der Waals surface area contributed by atoms with Crippen LogP contribution in [0, 0.1) is 0 Å². The summed E-state index contributed by atoms with van der Waals surface area (Å²) in [6.45, 7) is 1.88. The molecule has 0 aromatic rings. The molecule has 0 radical (unpaired) electrons. The summed E-state index contributed by atoms with van der Waals surface area (Å²) < 4.78 is 23.7. The number of carbonyl (C=O) groups excluding carboxylic acids is 1. The standard InChI is InChI=1S/C9H19N3O5S/c1-7(8(13)14)12(2)9(15)10-5-4-6-11-18(3,16)17/h7,11H,4-6H2,1-3H3,(H,10,15)(H,13,14). The number of amides is 2. The molecule has 0 saturated carbocycles. The Kier molecular flexibility index (Phi) is 6.63. The topological polar surface area (TPSA) is 116 Å². The number of sulfonamides is 1. The van der Waals surface area contributed by atoms with Gasteiger partial charge >= 0.3 is 12.0 Å². The summed E-state index contributed by atoms with van der Waals surface area (Å²) >= 11 is 0. The van der Waals surface area contributed by atoms with Crippen molar-refractivity contribution in [2.75, 3.05) is 26.4 Å². The molecule has 18 heavy (non-hydrogen) atoms. The number of nitrogens with one attached hydrogen (secondary N) is 2. The third-order valence-electron chi connectivity index (χ3n) is 2.25. The highest BCUT2D eigenvalue weighted by Gasteiger charge is 2.20. The van der Waals surface area contributed by atoms with Gasteiger partial charge in [0.05, 0.1) is 6.26 Å². The summed E-state index contributed by atoms with van der Waals surface area (Å²) in [5.41, 5.74) is 0. The van der Waals surface area contributed by atoms with Gasteiger partial charge in [0.1, 0.15) is 6.04 Å². The van der Waals surface area contributed by atoms with Gasteiger partial charge in [-0.1, -0.05) is 0 Å². The number of likely N-dealkylation sites (N-methyl/N-ethyl adjacent to an activating group) is 1. The molecule has 0 saturated heterocycles. The number of rotatable bonds is 7. The number of nitrogens with zero attached hydrogens (tertiary/aromatic N) is 1. The van der Waals surface area contributed by atoms with Crippen molar-refractivity contribution in [3.63, 3.8) is 0 Å². The highest BCUT2D eigenvalue weighted by Crippen LogP contribution is 1.95. The fraction of sp³-hybridized carbons (Fsp3) is 0.778. The number of urea groups is 1. The number of aliphatic carboxylic acids is 1. The molecule has 2 amide bonds. The molecule has 9 heteroatoms. The molecule has 3 N–H and O–H groups in total. The van der Waals surface area contributed by atoms with E-state index in [1.807, 2.05) is 0 Å². The predicted molar refractivity (Wildman–Crippen MR) is 65.7 cm³/mol. The molecule has 8 nitrogen and oxygen atoms in total. The minimum absolute atomic E-state index is 0.220. The van der Waals surface area contributed by atoms with Crippen LogP contribution in [0.5, 0.6) is 0 Å². The average Bonchev–Trinajstić information content (AvgIpc) is 2.24. The first-order chi connectivity index (χ1) is 8.15. The maximum atomic E-state index is 11.5. The maximum absolute atomic E-state index is 11.5. The Hall–Kier alpha value is -1.35. The van der Waals surface area contributed by atoms with Crippen LogP contribution >= 0.6 is 0 Å². The van der Waals surface area contributed by atoms with Crippen molar-refractivity contribution in [3.8, 4) is 0 Å². The second-order valence-electron chi connectivity index (χ2n) is 3.88. The average molecular weight is 281 g/mol. The van der Waals surface area contributed by atoms with Crippen LogP contribution in [0.1, 0.15) is 13.3 Å². The first kappa shape index (κ1) is 16.6. The first-order valence-corrected chi connectivity index (χ1v) is 7.22. The van der Waals surface area contributed by atoms with Crippen LogP contribution in [-0.2, 0) is 14.8 Å². The van der Waals surface area contributed by atoms with Crippen molar-refractivity contribution in [2.24, 2.45) is 0 Å². The van der Waals surface area contributed by atoms with Gasteiger partial charge in [-0.15, -0.1) is 0 Å². The Morgan fingerprint density at radius 2 is 1.89 bits per heavy atom. The maximum Gasteiger partial charge on any atom is 0.326 e. The van der Waals surface area contributed by atoms with E-state index in [0.717, 1.165) is 11.2 Å². The van der Waals surface area contributed by atoms with E-state index in [2.05, 4.69) is 10.0 Å². The van der Waals surface area contributed by atoms with E-state index in [9.17, 15) is 18.0 Å². The molecule has 0 aliphatic rings. The lowest BCUT2D eigenvalue weighted by atomic mass is 10.3. The van der Waals surface area contributed by atoms with Gasteiger partial charge in [-0.3, -0.25) is 0 Å². The van der Waals surface area contributed by atoms with Crippen molar-refractivity contribution >= 4 is 22.0 Å². The van der Waals surface area contributed by atoms with Crippen LogP contribution in [0.2, 0.25) is 0 Å². The monoisotopic (exact) mass is 281 g/mol. The summed E-state index contributed by atoms with van der Waals surface area (Å²) in [6, 6.07) is -1.43. The molecule has 0 aliphatic carbocycles. The zero-order valence-electron chi connectivity index (χ0n) is 10.6. The zero-order chi connectivity index (χ0) is 14.3. The highest BCUT2D eigenvalue weighted by atomic mass is 32.2. The van der Waals surface area contributed by atoms with Crippen molar-refractivity contribution < 1.29 is 23.1 Å². The van der Waals surface area contributed by atoms with Gasteiger partial charge in [0.25, 0.3) is 0 Å². The normalized spacial score (nSPS) is 12.8. The Morgan fingerprint density at radius 3 is 2.33 bits per heavy atom. The zero-order valence-corrected chi connectivity index (χ0v) is 11.5. The first-order valence-electron chi connectivity index (χ1n) is 5.33. The van der Waals surface area contributed by atoms with Crippen molar-refractivity contribution in [1.29, 1.82) is 0 Å². The quantitative estimate of drug-likeness (QED) is 0.520. The smallest absolute Gasteiger partial charge is 0.326 e. The van der Waals surface area contributed by atoms with Crippen LogP contribution in [0.3, 0.4) is 0 Å². The fourth-order valence-electron chi connectivity index (χ4n) is 1.01. The van der Waals surface area contributed by atoms with E-state index in [4.69, 9.17) is 5.11 Å². The SMILES string of the molecule is CC(C(=O)O)N(C)C(=O)NCCCNS(C)(=O)=O. The third-order valence-corrected chi connectivity index (χ3v) is 2.98.